The van der Waals surface area contributed by atoms with Gasteiger partial charge < -0.3 is 10.1 Å². The Labute approximate surface area is 104 Å². The van der Waals surface area contributed by atoms with Crippen LogP contribution in [0.15, 0.2) is 36.9 Å². The summed E-state index contributed by atoms with van der Waals surface area (Å²) in [5, 5.41) is 3.57. The summed E-state index contributed by atoms with van der Waals surface area (Å²) >= 11 is 0. The molecular formula is C15H21NO. The van der Waals surface area contributed by atoms with E-state index < -0.39 is 0 Å². The number of hydrogen-bond acceptors (Lipinski definition) is 2. The summed E-state index contributed by atoms with van der Waals surface area (Å²) in [6, 6.07) is 8.93. The number of ether oxygens (including phenoxy) is 1. The molecule has 17 heavy (non-hydrogen) atoms. The summed E-state index contributed by atoms with van der Waals surface area (Å²) in [4.78, 5) is 0. The molecule has 1 N–H and O–H groups in total. The van der Waals surface area contributed by atoms with Crippen molar-refractivity contribution >= 4 is 0 Å². The van der Waals surface area contributed by atoms with E-state index >= 15 is 0 Å². The molecule has 1 aliphatic carbocycles. The second-order valence-corrected chi connectivity index (χ2v) is 5.37. The Morgan fingerprint density at radius 3 is 2.59 bits per heavy atom. The fourth-order valence-electron chi connectivity index (χ4n) is 1.92. The molecule has 0 heterocycles. The van der Waals surface area contributed by atoms with Crippen molar-refractivity contribution in [3.8, 4) is 5.75 Å². The highest BCUT2D eigenvalue weighted by Crippen LogP contribution is 2.44. The lowest BCUT2D eigenvalue weighted by Crippen LogP contribution is -2.19. The average molecular weight is 231 g/mol. The second-order valence-electron chi connectivity index (χ2n) is 5.37. The van der Waals surface area contributed by atoms with E-state index in [-0.39, 0.29) is 0 Å². The van der Waals surface area contributed by atoms with E-state index in [1.54, 1.807) is 6.08 Å². The topological polar surface area (TPSA) is 21.3 Å². The van der Waals surface area contributed by atoms with Crippen LogP contribution in [0.25, 0.3) is 0 Å². The summed E-state index contributed by atoms with van der Waals surface area (Å²) in [5.41, 5.74) is 1.80. The Bertz CT molecular complexity index is 380. The van der Waals surface area contributed by atoms with Gasteiger partial charge in [-0.25, -0.2) is 0 Å². The first-order valence-electron chi connectivity index (χ1n) is 6.18. The lowest BCUT2D eigenvalue weighted by molar-refractivity contribution is 0.363. The van der Waals surface area contributed by atoms with Crippen LogP contribution >= 0.6 is 0 Å². The van der Waals surface area contributed by atoms with E-state index in [2.05, 4.69) is 37.9 Å². The molecule has 1 atom stereocenters. The molecule has 2 rings (SSSR count). The normalized spacial score (nSPS) is 20.9. The Morgan fingerprint density at radius 2 is 2.06 bits per heavy atom. The van der Waals surface area contributed by atoms with Gasteiger partial charge in [0.1, 0.15) is 12.4 Å². The van der Waals surface area contributed by atoms with Crippen LogP contribution in [0.4, 0.5) is 0 Å². The third-order valence-electron chi connectivity index (χ3n) is 3.36. The molecule has 1 unspecified atom stereocenters. The molecule has 1 aromatic carbocycles. The summed E-state index contributed by atoms with van der Waals surface area (Å²) in [6.07, 6.45) is 3.04. The number of benzene rings is 1. The van der Waals surface area contributed by atoms with Crippen LogP contribution in [0.3, 0.4) is 0 Å². The molecule has 0 amide bonds. The van der Waals surface area contributed by atoms with Crippen LogP contribution < -0.4 is 10.1 Å². The molecule has 92 valence electrons. The molecular weight excluding hydrogens is 210 g/mol. The highest BCUT2D eigenvalue weighted by Gasteiger charge is 2.44. The third kappa shape index (κ3) is 3.34. The highest BCUT2D eigenvalue weighted by molar-refractivity contribution is 5.27. The molecule has 0 aliphatic heterocycles. The van der Waals surface area contributed by atoms with Crippen LogP contribution in [0.2, 0.25) is 0 Å². The fraction of sp³-hybridized carbons (Fsp3) is 0.467. The molecule has 2 heteroatoms. The zero-order valence-corrected chi connectivity index (χ0v) is 10.7. The van der Waals surface area contributed by atoms with Gasteiger partial charge >= 0.3 is 0 Å². The zero-order valence-electron chi connectivity index (χ0n) is 10.7. The van der Waals surface area contributed by atoms with Crippen LogP contribution in [0.5, 0.6) is 5.75 Å². The van der Waals surface area contributed by atoms with Gasteiger partial charge in [0.2, 0.25) is 0 Å². The van der Waals surface area contributed by atoms with Gasteiger partial charge in [0, 0.05) is 12.6 Å². The van der Waals surface area contributed by atoms with E-state index in [4.69, 9.17) is 4.74 Å². The second kappa shape index (κ2) is 4.92. The van der Waals surface area contributed by atoms with Crippen molar-refractivity contribution in [3.05, 3.63) is 42.5 Å². The quantitative estimate of drug-likeness (QED) is 0.759. The van der Waals surface area contributed by atoms with Gasteiger partial charge in [-0.3, -0.25) is 0 Å². The molecule has 0 saturated heterocycles. The van der Waals surface area contributed by atoms with Crippen molar-refractivity contribution in [2.24, 2.45) is 5.41 Å². The van der Waals surface area contributed by atoms with Gasteiger partial charge in [0.15, 0.2) is 0 Å². The van der Waals surface area contributed by atoms with E-state index in [0.29, 0.717) is 18.1 Å². The van der Waals surface area contributed by atoms with Gasteiger partial charge in [0.05, 0.1) is 0 Å². The molecule has 2 nitrogen and oxygen atoms in total. The Balaban J connectivity index is 1.79. The van der Waals surface area contributed by atoms with Gasteiger partial charge in [-0.15, -0.1) is 0 Å². The van der Waals surface area contributed by atoms with Crippen molar-refractivity contribution in [2.75, 3.05) is 6.61 Å². The summed E-state index contributed by atoms with van der Waals surface area (Å²) in [7, 11) is 0. The summed E-state index contributed by atoms with van der Waals surface area (Å²) in [6.45, 7) is 9.74. The van der Waals surface area contributed by atoms with Gasteiger partial charge in [0.25, 0.3) is 0 Å². The largest absolute Gasteiger partial charge is 0.490 e. The lowest BCUT2D eigenvalue weighted by Gasteiger charge is -2.08. The van der Waals surface area contributed by atoms with E-state index in [1.165, 1.54) is 12.0 Å². The first kappa shape index (κ1) is 12.2. The van der Waals surface area contributed by atoms with Gasteiger partial charge in [-0.1, -0.05) is 38.6 Å². The maximum absolute atomic E-state index is 5.44. The highest BCUT2D eigenvalue weighted by atomic mass is 16.5. The lowest BCUT2D eigenvalue weighted by atomic mass is 10.2. The van der Waals surface area contributed by atoms with Crippen molar-refractivity contribution in [3.63, 3.8) is 0 Å². The predicted octanol–water partition coefficient (Wildman–Crippen LogP) is 3.14. The molecule has 1 aliphatic rings. The zero-order chi connectivity index (χ0) is 12.3. The van der Waals surface area contributed by atoms with Crippen LogP contribution in [0.1, 0.15) is 25.8 Å². The van der Waals surface area contributed by atoms with Crippen molar-refractivity contribution < 1.29 is 4.74 Å². The molecule has 1 fully saturated rings. The smallest absolute Gasteiger partial charge is 0.119 e. The van der Waals surface area contributed by atoms with E-state index in [9.17, 15) is 0 Å². The van der Waals surface area contributed by atoms with Crippen molar-refractivity contribution in [1.29, 1.82) is 0 Å². The molecule has 1 aromatic rings. The third-order valence-corrected chi connectivity index (χ3v) is 3.36. The van der Waals surface area contributed by atoms with E-state index in [1.807, 2.05) is 12.1 Å². The SMILES string of the molecule is C=CCOc1ccc(CNC2CC2(C)C)cc1. The number of hydrogen-bond donors (Lipinski definition) is 1. The molecule has 0 spiro atoms. The maximum Gasteiger partial charge on any atom is 0.119 e. The van der Waals surface area contributed by atoms with Crippen LogP contribution in [-0.2, 0) is 6.54 Å². The minimum Gasteiger partial charge on any atom is -0.490 e. The number of rotatable bonds is 6. The minimum absolute atomic E-state index is 0.493. The first-order chi connectivity index (χ1) is 8.12. The van der Waals surface area contributed by atoms with Crippen LogP contribution in [-0.4, -0.2) is 12.6 Å². The first-order valence-corrected chi connectivity index (χ1v) is 6.18. The Hall–Kier alpha value is -1.28. The standard InChI is InChI=1S/C15H21NO/c1-4-9-17-13-7-5-12(6-8-13)11-16-14-10-15(14,2)3/h4-8,14,16H,1,9-11H2,2-3H3. The predicted molar refractivity (Wildman–Crippen MR) is 71.2 cm³/mol. The summed E-state index contributed by atoms with van der Waals surface area (Å²) < 4.78 is 5.44. The number of nitrogens with one attached hydrogen (secondary N) is 1. The Kier molecular flexibility index (Phi) is 3.53. The minimum atomic E-state index is 0.493. The van der Waals surface area contributed by atoms with E-state index in [0.717, 1.165) is 12.3 Å². The monoisotopic (exact) mass is 231 g/mol. The van der Waals surface area contributed by atoms with Gasteiger partial charge in [-0.2, -0.15) is 0 Å². The Morgan fingerprint density at radius 1 is 1.41 bits per heavy atom. The molecule has 0 bridgehead atoms. The van der Waals surface area contributed by atoms with Crippen LogP contribution in [0, 0.1) is 5.41 Å². The maximum atomic E-state index is 5.44. The fourth-order valence-corrected chi connectivity index (χ4v) is 1.92. The molecule has 0 aromatic heterocycles. The molecule has 1 saturated carbocycles. The van der Waals surface area contributed by atoms with Crippen molar-refractivity contribution in [1.82, 2.24) is 5.32 Å². The van der Waals surface area contributed by atoms with Crippen molar-refractivity contribution in [2.45, 2.75) is 32.9 Å². The summed E-state index contributed by atoms with van der Waals surface area (Å²) in [5.74, 6) is 0.903. The van der Waals surface area contributed by atoms with Gasteiger partial charge in [-0.05, 0) is 29.5 Å². The molecule has 0 radical (unpaired) electrons. The average Bonchev–Trinajstić information content (AvgIpc) is 2.93.